The van der Waals surface area contributed by atoms with Gasteiger partial charge in [-0.1, -0.05) is 6.07 Å². The van der Waals surface area contributed by atoms with Gasteiger partial charge in [0, 0.05) is 5.39 Å². The van der Waals surface area contributed by atoms with E-state index in [4.69, 9.17) is 11.5 Å². The summed E-state index contributed by atoms with van der Waals surface area (Å²) in [5, 5.41) is 11.0. The van der Waals surface area contributed by atoms with Crippen molar-refractivity contribution in [1.82, 2.24) is 0 Å². The number of nitrogens with two attached hydrogens (primary N) is 2. The molecule has 0 aliphatic rings. The predicted octanol–water partition coefficient (Wildman–Crippen LogP) is 1.71. The Balaban J connectivity index is 2.87. The van der Waals surface area contributed by atoms with Crippen molar-refractivity contribution in [2.24, 2.45) is 0 Å². The first-order valence-corrected chi connectivity index (χ1v) is 3.95. The minimum absolute atomic E-state index is 0.233. The van der Waals surface area contributed by atoms with Gasteiger partial charge in [-0.3, -0.25) is 0 Å². The Morgan fingerprint density at radius 1 is 1.00 bits per heavy atom. The SMILES string of the molecule is Nc1ccc2cc(O)ccc2c1N. The van der Waals surface area contributed by atoms with E-state index in [0.717, 1.165) is 10.8 Å². The zero-order valence-electron chi connectivity index (χ0n) is 6.99. The van der Waals surface area contributed by atoms with Crippen LogP contribution in [-0.2, 0) is 0 Å². The van der Waals surface area contributed by atoms with Crippen LogP contribution in [0.2, 0.25) is 0 Å². The third-order valence-electron chi connectivity index (χ3n) is 2.08. The number of phenols is 1. The summed E-state index contributed by atoms with van der Waals surface area (Å²) in [6.07, 6.45) is 0. The minimum Gasteiger partial charge on any atom is -0.508 e. The average Bonchev–Trinajstić information content (AvgIpc) is 2.12. The fraction of sp³-hybridized carbons (Fsp3) is 0. The lowest BCUT2D eigenvalue weighted by Crippen LogP contribution is -1.94. The number of aromatic hydroxyl groups is 1. The van der Waals surface area contributed by atoms with Gasteiger partial charge in [-0.05, 0) is 29.7 Å². The summed E-state index contributed by atoms with van der Waals surface area (Å²) in [6, 6.07) is 8.58. The Morgan fingerprint density at radius 3 is 2.54 bits per heavy atom. The van der Waals surface area contributed by atoms with Crippen LogP contribution in [-0.4, -0.2) is 5.11 Å². The molecular formula is C10H10N2O. The zero-order valence-corrected chi connectivity index (χ0v) is 6.99. The van der Waals surface area contributed by atoms with Crippen LogP contribution in [0.3, 0.4) is 0 Å². The van der Waals surface area contributed by atoms with E-state index in [9.17, 15) is 5.11 Å². The normalized spacial score (nSPS) is 10.5. The van der Waals surface area contributed by atoms with Crippen LogP contribution in [0.5, 0.6) is 5.75 Å². The first-order valence-electron chi connectivity index (χ1n) is 3.95. The Bertz CT molecular complexity index is 466. The van der Waals surface area contributed by atoms with Gasteiger partial charge in [-0.15, -0.1) is 0 Å². The maximum absolute atomic E-state index is 9.22. The molecule has 0 fully saturated rings. The molecule has 66 valence electrons. The lowest BCUT2D eigenvalue weighted by Gasteiger charge is -2.04. The van der Waals surface area contributed by atoms with E-state index in [-0.39, 0.29) is 5.75 Å². The highest BCUT2D eigenvalue weighted by molar-refractivity contribution is 5.98. The van der Waals surface area contributed by atoms with Crippen molar-refractivity contribution in [3.8, 4) is 5.75 Å². The smallest absolute Gasteiger partial charge is 0.116 e. The van der Waals surface area contributed by atoms with Crippen LogP contribution in [0.4, 0.5) is 11.4 Å². The highest BCUT2D eigenvalue weighted by atomic mass is 16.3. The van der Waals surface area contributed by atoms with Crippen molar-refractivity contribution < 1.29 is 5.11 Å². The van der Waals surface area contributed by atoms with Crippen molar-refractivity contribution in [2.45, 2.75) is 0 Å². The van der Waals surface area contributed by atoms with Gasteiger partial charge in [0.2, 0.25) is 0 Å². The molecule has 0 spiro atoms. The van der Waals surface area contributed by atoms with E-state index in [1.807, 2.05) is 6.07 Å². The first-order chi connectivity index (χ1) is 6.18. The van der Waals surface area contributed by atoms with Gasteiger partial charge in [0.25, 0.3) is 0 Å². The van der Waals surface area contributed by atoms with Crippen molar-refractivity contribution in [3.05, 3.63) is 30.3 Å². The molecule has 3 heteroatoms. The molecule has 0 unspecified atom stereocenters. The predicted molar refractivity (Wildman–Crippen MR) is 54.4 cm³/mol. The standard InChI is InChI=1S/C10H10N2O/c11-9-4-1-6-5-7(13)2-3-8(6)10(9)12/h1-5,13H,11-12H2. The number of rotatable bonds is 0. The van der Waals surface area contributed by atoms with Gasteiger partial charge in [0.05, 0.1) is 11.4 Å². The molecule has 2 aromatic rings. The van der Waals surface area contributed by atoms with Gasteiger partial charge < -0.3 is 16.6 Å². The second-order valence-electron chi connectivity index (χ2n) is 2.97. The molecule has 13 heavy (non-hydrogen) atoms. The van der Waals surface area contributed by atoms with E-state index >= 15 is 0 Å². The first kappa shape index (κ1) is 7.73. The summed E-state index contributed by atoms with van der Waals surface area (Å²) in [4.78, 5) is 0. The average molecular weight is 174 g/mol. The Labute approximate surface area is 75.6 Å². The van der Waals surface area contributed by atoms with E-state index in [1.54, 1.807) is 24.3 Å². The van der Waals surface area contributed by atoms with Crippen LogP contribution in [0, 0.1) is 0 Å². The molecule has 0 aliphatic heterocycles. The van der Waals surface area contributed by atoms with Crippen molar-refractivity contribution >= 4 is 22.1 Å². The number of fused-ring (bicyclic) bond motifs is 1. The molecule has 5 N–H and O–H groups in total. The largest absolute Gasteiger partial charge is 0.508 e. The fourth-order valence-electron chi connectivity index (χ4n) is 1.36. The number of anilines is 2. The van der Waals surface area contributed by atoms with E-state index < -0.39 is 0 Å². The van der Waals surface area contributed by atoms with Crippen LogP contribution < -0.4 is 11.5 Å². The second kappa shape index (κ2) is 2.55. The number of benzene rings is 2. The maximum Gasteiger partial charge on any atom is 0.116 e. The van der Waals surface area contributed by atoms with Gasteiger partial charge in [0.1, 0.15) is 5.75 Å². The Morgan fingerprint density at radius 2 is 1.77 bits per heavy atom. The van der Waals surface area contributed by atoms with E-state index in [2.05, 4.69) is 0 Å². The number of hydrogen-bond donors (Lipinski definition) is 3. The highest BCUT2D eigenvalue weighted by Crippen LogP contribution is 2.28. The summed E-state index contributed by atoms with van der Waals surface area (Å²) < 4.78 is 0. The van der Waals surface area contributed by atoms with Gasteiger partial charge in [-0.25, -0.2) is 0 Å². The van der Waals surface area contributed by atoms with Crippen LogP contribution in [0.25, 0.3) is 10.8 Å². The number of phenolic OH excluding ortho intramolecular Hbond substituents is 1. The van der Waals surface area contributed by atoms with E-state index in [0.29, 0.717) is 11.4 Å². The molecule has 0 aliphatic carbocycles. The molecule has 0 saturated heterocycles. The molecule has 2 aromatic carbocycles. The molecule has 2 rings (SSSR count). The second-order valence-corrected chi connectivity index (χ2v) is 2.97. The lowest BCUT2D eigenvalue weighted by molar-refractivity contribution is 0.476. The molecule has 0 amide bonds. The van der Waals surface area contributed by atoms with Crippen molar-refractivity contribution in [2.75, 3.05) is 11.5 Å². The Hall–Kier alpha value is -1.90. The zero-order chi connectivity index (χ0) is 9.42. The number of nitrogen functional groups attached to an aromatic ring is 2. The van der Waals surface area contributed by atoms with Crippen LogP contribution in [0.1, 0.15) is 0 Å². The quantitative estimate of drug-likeness (QED) is 0.532. The third kappa shape index (κ3) is 1.14. The fourth-order valence-corrected chi connectivity index (χ4v) is 1.36. The van der Waals surface area contributed by atoms with Crippen LogP contribution >= 0.6 is 0 Å². The molecule has 0 atom stereocenters. The molecule has 0 bridgehead atoms. The Kier molecular flexibility index (Phi) is 1.52. The monoisotopic (exact) mass is 174 g/mol. The van der Waals surface area contributed by atoms with Crippen LogP contribution in [0.15, 0.2) is 30.3 Å². The summed E-state index contributed by atoms with van der Waals surface area (Å²) >= 11 is 0. The summed E-state index contributed by atoms with van der Waals surface area (Å²) in [7, 11) is 0. The van der Waals surface area contributed by atoms with Gasteiger partial charge in [-0.2, -0.15) is 0 Å². The molecular weight excluding hydrogens is 164 g/mol. The van der Waals surface area contributed by atoms with Gasteiger partial charge in [0.15, 0.2) is 0 Å². The molecule has 0 heterocycles. The summed E-state index contributed by atoms with van der Waals surface area (Å²) in [5.74, 6) is 0.233. The molecule has 0 radical (unpaired) electrons. The highest BCUT2D eigenvalue weighted by Gasteiger charge is 2.01. The lowest BCUT2D eigenvalue weighted by atomic mass is 10.1. The van der Waals surface area contributed by atoms with Gasteiger partial charge >= 0.3 is 0 Å². The molecule has 0 aromatic heterocycles. The summed E-state index contributed by atoms with van der Waals surface area (Å²) in [6.45, 7) is 0. The van der Waals surface area contributed by atoms with E-state index in [1.165, 1.54) is 0 Å². The molecule has 0 saturated carbocycles. The maximum atomic E-state index is 9.22. The topological polar surface area (TPSA) is 72.3 Å². The third-order valence-corrected chi connectivity index (χ3v) is 2.08. The van der Waals surface area contributed by atoms with Crippen molar-refractivity contribution in [1.29, 1.82) is 0 Å². The van der Waals surface area contributed by atoms with Crippen molar-refractivity contribution in [3.63, 3.8) is 0 Å². The summed E-state index contributed by atoms with van der Waals surface area (Å²) in [5.41, 5.74) is 12.5. The number of hydrogen-bond acceptors (Lipinski definition) is 3. The minimum atomic E-state index is 0.233. The molecule has 3 nitrogen and oxygen atoms in total.